The normalized spacial score (nSPS) is 14.8. The fourth-order valence-corrected chi connectivity index (χ4v) is 1.83. The molecule has 1 heterocycles. The smallest absolute Gasteiger partial charge is 0.0375 e. The molecule has 1 aromatic carbocycles. The van der Waals surface area contributed by atoms with Gasteiger partial charge in [0.1, 0.15) is 0 Å². The molecule has 0 spiro atoms. The molecule has 2 rings (SSSR count). The van der Waals surface area contributed by atoms with Gasteiger partial charge in [-0.25, -0.2) is 0 Å². The molecule has 13 heavy (non-hydrogen) atoms. The van der Waals surface area contributed by atoms with Gasteiger partial charge in [-0.1, -0.05) is 12.1 Å². The van der Waals surface area contributed by atoms with Gasteiger partial charge in [0.25, 0.3) is 0 Å². The minimum absolute atomic E-state index is 0.735. The Morgan fingerprint density at radius 3 is 3.15 bits per heavy atom. The van der Waals surface area contributed by atoms with Crippen LogP contribution in [-0.4, -0.2) is 13.1 Å². The van der Waals surface area contributed by atoms with Crippen LogP contribution >= 0.6 is 0 Å². The highest BCUT2D eigenvalue weighted by Crippen LogP contribution is 2.22. The highest BCUT2D eigenvalue weighted by Gasteiger charge is 2.07. The molecule has 0 unspecified atom stereocenters. The van der Waals surface area contributed by atoms with Crippen molar-refractivity contribution < 1.29 is 0 Å². The number of hydrogen-bond acceptors (Lipinski definition) is 2. The Labute approximate surface area is 79.1 Å². The fourth-order valence-electron chi connectivity index (χ4n) is 1.83. The van der Waals surface area contributed by atoms with Crippen molar-refractivity contribution in [2.75, 3.05) is 18.4 Å². The van der Waals surface area contributed by atoms with Crippen LogP contribution in [0, 0.1) is 0 Å². The summed E-state index contributed by atoms with van der Waals surface area (Å²) >= 11 is 0. The number of nitrogens with two attached hydrogens (primary N) is 1. The predicted molar refractivity (Wildman–Crippen MR) is 56.0 cm³/mol. The summed E-state index contributed by atoms with van der Waals surface area (Å²) < 4.78 is 0. The quantitative estimate of drug-likeness (QED) is 0.717. The van der Waals surface area contributed by atoms with E-state index in [0.29, 0.717) is 0 Å². The molecule has 0 atom stereocenters. The summed E-state index contributed by atoms with van der Waals surface area (Å²) in [4.78, 5) is 0. The highest BCUT2D eigenvalue weighted by atomic mass is 14.9. The first-order chi connectivity index (χ1) is 6.40. The fraction of sp³-hybridized carbons (Fsp3) is 0.455. The Morgan fingerprint density at radius 2 is 2.31 bits per heavy atom. The zero-order valence-corrected chi connectivity index (χ0v) is 7.84. The van der Waals surface area contributed by atoms with Crippen LogP contribution in [0.5, 0.6) is 0 Å². The van der Waals surface area contributed by atoms with E-state index in [0.717, 1.165) is 19.5 Å². The van der Waals surface area contributed by atoms with Crippen LogP contribution in [-0.2, 0) is 12.8 Å². The minimum Gasteiger partial charge on any atom is -0.385 e. The van der Waals surface area contributed by atoms with E-state index in [4.69, 9.17) is 5.73 Å². The second-order valence-corrected chi connectivity index (χ2v) is 3.56. The Kier molecular flexibility index (Phi) is 2.50. The maximum Gasteiger partial charge on any atom is 0.0375 e. The molecule has 1 aromatic rings. The lowest BCUT2D eigenvalue weighted by Gasteiger charge is -2.18. The summed E-state index contributed by atoms with van der Waals surface area (Å²) in [6.45, 7) is 1.85. The molecular weight excluding hydrogens is 160 g/mol. The van der Waals surface area contributed by atoms with Crippen molar-refractivity contribution in [2.45, 2.75) is 19.3 Å². The van der Waals surface area contributed by atoms with E-state index in [9.17, 15) is 0 Å². The van der Waals surface area contributed by atoms with E-state index < -0.39 is 0 Å². The van der Waals surface area contributed by atoms with E-state index in [1.165, 1.54) is 29.7 Å². The lowest BCUT2D eigenvalue weighted by atomic mass is 10.0. The van der Waals surface area contributed by atoms with Crippen molar-refractivity contribution in [3.63, 3.8) is 0 Å². The number of hydrogen-bond donors (Lipinski definition) is 2. The van der Waals surface area contributed by atoms with Crippen LogP contribution in [0.3, 0.4) is 0 Å². The Balaban J connectivity index is 2.24. The highest BCUT2D eigenvalue weighted by molar-refractivity contribution is 5.54. The number of rotatable bonds is 2. The van der Waals surface area contributed by atoms with Crippen LogP contribution in [0.4, 0.5) is 5.69 Å². The molecule has 0 fully saturated rings. The molecular formula is C11H16N2. The van der Waals surface area contributed by atoms with Crippen molar-refractivity contribution in [1.29, 1.82) is 0 Å². The lowest BCUT2D eigenvalue weighted by Crippen LogP contribution is -2.12. The summed E-state index contributed by atoms with van der Waals surface area (Å²) in [5, 5.41) is 3.42. The van der Waals surface area contributed by atoms with Gasteiger partial charge in [-0.2, -0.15) is 0 Å². The molecule has 1 aliphatic heterocycles. The monoisotopic (exact) mass is 176 g/mol. The predicted octanol–water partition coefficient (Wildman–Crippen LogP) is 1.55. The van der Waals surface area contributed by atoms with Gasteiger partial charge in [0, 0.05) is 12.2 Å². The van der Waals surface area contributed by atoms with Gasteiger partial charge in [-0.15, -0.1) is 0 Å². The molecule has 1 aliphatic rings. The SMILES string of the molecule is NCCc1ccc2c(c1)NCCC2. The van der Waals surface area contributed by atoms with Crippen LogP contribution in [0.15, 0.2) is 18.2 Å². The van der Waals surface area contributed by atoms with Crippen LogP contribution < -0.4 is 11.1 Å². The molecule has 0 bridgehead atoms. The lowest BCUT2D eigenvalue weighted by molar-refractivity contribution is 0.827. The molecule has 2 nitrogen and oxygen atoms in total. The molecule has 0 saturated heterocycles. The van der Waals surface area contributed by atoms with Crippen molar-refractivity contribution in [2.24, 2.45) is 5.73 Å². The largest absolute Gasteiger partial charge is 0.385 e. The third-order valence-corrected chi connectivity index (χ3v) is 2.55. The average Bonchev–Trinajstić information content (AvgIpc) is 2.18. The molecule has 2 heteroatoms. The molecule has 0 amide bonds. The summed E-state index contributed by atoms with van der Waals surface area (Å²) in [5.74, 6) is 0. The van der Waals surface area contributed by atoms with Crippen LogP contribution in [0.1, 0.15) is 17.5 Å². The first-order valence-electron chi connectivity index (χ1n) is 4.96. The van der Waals surface area contributed by atoms with E-state index in [1.54, 1.807) is 0 Å². The summed E-state index contributed by atoms with van der Waals surface area (Å²) in [6.07, 6.45) is 3.45. The second kappa shape index (κ2) is 3.79. The van der Waals surface area contributed by atoms with Gasteiger partial charge in [-0.3, -0.25) is 0 Å². The van der Waals surface area contributed by atoms with E-state index >= 15 is 0 Å². The summed E-state index contributed by atoms with van der Waals surface area (Å²) in [5.41, 5.74) is 9.63. The maximum absolute atomic E-state index is 5.52. The zero-order valence-electron chi connectivity index (χ0n) is 7.84. The van der Waals surface area contributed by atoms with Gasteiger partial charge < -0.3 is 11.1 Å². The third kappa shape index (κ3) is 1.83. The third-order valence-electron chi connectivity index (χ3n) is 2.55. The molecule has 0 radical (unpaired) electrons. The Bertz CT molecular complexity index is 294. The number of benzene rings is 1. The Hall–Kier alpha value is -1.02. The first kappa shape index (κ1) is 8.57. The van der Waals surface area contributed by atoms with Crippen molar-refractivity contribution in [3.8, 4) is 0 Å². The molecule has 0 saturated carbocycles. The van der Waals surface area contributed by atoms with E-state index in [1.807, 2.05) is 0 Å². The average molecular weight is 176 g/mol. The maximum atomic E-state index is 5.52. The molecule has 3 N–H and O–H groups in total. The van der Waals surface area contributed by atoms with Crippen LogP contribution in [0.25, 0.3) is 0 Å². The number of nitrogens with one attached hydrogen (secondary N) is 1. The molecule has 0 aromatic heterocycles. The first-order valence-corrected chi connectivity index (χ1v) is 4.96. The Morgan fingerprint density at radius 1 is 1.38 bits per heavy atom. The van der Waals surface area contributed by atoms with Gasteiger partial charge in [-0.05, 0) is 43.0 Å². The minimum atomic E-state index is 0.735. The standard InChI is InChI=1S/C11H16N2/c12-6-5-9-3-4-10-2-1-7-13-11(10)8-9/h3-4,8,13H,1-2,5-7,12H2. The second-order valence-electron chi connectivity index (χ2n) is 3.56. The molecule has 70 valence electrons. The van der Waals surface area contributed by atoms with Gasteiger partial charge in [0.15, 0.2) is 0 Å². The number of fused-ring (bicyclic) bond motifs is 1. The van der Waals surface area contributed by atoms with Gasteiger partial charge in [0.05, 0.1) is 0 Å². The van der Waals surface area contributed by atoms with Gasteiger partial charge in [0.2, 0.25) is 0 Å². The zero-order chi connectivity index (χ0) is 9.10. The number of aryl methyl sites for hydroxylation is 1. The van der Waals surface area contributed by atoms with Crippen molar-refractivity contribution in [3.05, 3.63) is 29.3 Å². The van der Waals surface area contributed by atoms with Crippen molar-refractivity contribution >= 4 is 5.69 Å². The van der Waals surface area contributed by atoms with Gasteiger partial charge >= 0.3 is 0 Å². The van der Waals surface area contributed by atoms with Crippen molar-refractivity contribution in [1.82, 2.24) is 0 Å². The number of anilines is 1. The molecule has 0 aliphatic carbocycles. The van der Waals surface area contributed by atoms with Crippen LogP contribution in [0.2, 0.25) is 0 Å². The van der Waals surface area contributed by atoms with E-state index in [-0.39, 0.29) is 0 Å². The van der Waals surface area contributed by atoms with E-state index in [2.05, 4.69) is 23.5 Å². The summed E-state index contributed by atoms with van der Waals surface area (Å²) in [7, 11) is 0. The summed E-state index contributed by atoms with van der Waals surface area (Å²) in [6, 6.07) is 6.66. The topological polar surface area (TPSA) is 38.0 Å².